The molecule has 0 saturated carbocycles. The normalized spacial score (nSPS) is 18.0. The molecule has 1 atom stereocenters. The molecule has 2 aliphatic heterocycles. The fraction of sp³-hybridized carbons (Fsp3) is 0.280. The largest absolute Gasteiger partial charge is 0.350 e. The van der Waals surface area contributed by atoms with Gasteiger partial charge in [0.05, 0.1) is 0 Å². The number of aryl methyl sites for hydroxylation is 3. The zero-order chi connectivity index (χ0) is 23.4. The highest BCUT2D eigenvalue weighted by Crippen LogP contribution is 2.30. The standard InChI is InChI=1S/C25H24N4O4/c1-12-8-13(2)21-14(3)22(27-18(21)9-12)24(32)26-16-4-5-17-15(10-16)11-29(25(17)33)19-6-7-20(30)28-23(19)31/h4-5,8-10,19,27H,6-7,11H2,1-3H3,(H,26,32)(H,28,30,31). The Kier molecular flexibility index (Phi) is 4.81. The van der Waals surface area contributed by atoms with Crippen LogP contribution in [0.15, 0.2) is 30.3 Å². The summed E-state index contributed by atoms with van der Waals surface area (Å²) < 4.78 is 0. The molecular formula is C25H24N4O4. The fourth-order valence-corrected chi connectivity index (χ4v) is 4.99. The van der Waals surface area contributed by atoms with E-state index in [1.165, 1.54) is 4.90 Å². The summed E-state index contributed by atoms with van der Waals surface area (Å²) in [7, 11) is 0. The minimum atomic E-state index is -0.665. The highest BCUT2D eigenvalue weighted by Gasteiger charge is 2.39. The smallest absolute Gasteiger partial charge is 0.272 e. The topological polar surface area (TPSA) is 111 Å². The van der Waals surface area contributed by atoms with Crippen molar-refractivity contribution in [2.24, 2.45) is 0 Å². The first kappa shape index (κ1) is 20.9. The van der Waals surface area contributed by atoms with Gasteiger partial charge in [-0.25, -0.2) is 0 Å². The average molecular weight is 444 g/mol. The fourth-order valence-electron chi connectivity index (χ4n) is 4.99. The van der Waals surface area contributed by atoms with Gasteiger partial charge in [-0.2, -0.15) is 0 Å². The molecule has 8 nitrogen and oxygen atoms in total. The van der Waals surface area contributed by atoms with Crippen LogP contribution in [0.5, 0.6) is 0 Å². The molecule has 4 amide bonds. The first-order valence-corrected chi connectivity index (χ1v) is 10.9. The average Bonchev–Trinajstić information content (AvgIpc) is 3.25. The predicted molar refractivity (Wildman–Crippen MR) is 123 cm³/mol. The number of aromatic amines is 1. The number of nitrogens with one attached hydrogen (secondary N) is 3. The van der Waals surface area contributed by atoms with E-state index >= 15 is 0 Å². The molecule has 1 fully saturated rings. The molecule has 2 aromatic carbocycles. The number of aromatic nitrogens is 1. The van der Waals surface area contributed by atoms with Gasteiger partial charge in [0, 0.05) is 35.1 Å². The number of amides is 4. The van der Waals surface area contributed by atoms with Gasteiger partial charge in [0.25, 0.3) is 11.8 Å². The van der Waals surface area contributed by atoms with Crippen molar-refractivity contribution in [2.45, 2.75) is 46.2 Å². The first-order valence-electron chi connectivity index (χ1n) is 10.9. The van der Waals surface area contributed by atoms with E-state index in [1.807, 2.05) is 26.8 Å². The monoisotopic (exact) mass is 444 g/mol. The lowest BCUT2D eigenvalue weighted by Gasteiger charge is -2.29. The van der Waals surface area contributed by atoms with Gasteiger partial charge in [-0.05, 0) is 73.7 Å². The minimum absolute atomic E-state index is 0.209. The Hall–Kier alpha value is -3.94. The van der Waals surface area contributed by atoms with Crippen LogP contribution in [0.4, 0.5) is 5.69 Å². The lowest BCUT2D eigenvalue weighted by molar-refractivity contribution is -0.136. The van der Waals surface area contributed by atoms with Gasteiger partial charge in [-0.1, -0.05) is 6.07 Å². The van der Waals surface area contributed by atoms with E-state index in [0.717, 1.165) is 33.2 Å². The number of rotatable bonds is 3. The molecule has 3 N–H and O–H groups in total. The van der Waals surface area contributed by atoms with Crippen molar-refractivity contribution in [1.29, 1.82) is 0 Å². The number of carbonyl (C=O) groups is 4. The van der Waals surface area contributed by atoms with Crippen LogP contribution in [0.2, 0.25) is 0 Å². The molecule has 5 rings (SSSR count). The van der Waals surface area contributed by atoms with Gasteiger partial charge in [0.1, 0.15) is 11.7 Å². The molecule has 1 aromatic heterocycles. The summed E-state index contributed by atoms with van der Waals surface area (Å²) in [4.78, 5) is 54.3. The second-order valence-corrected chi connectivity index (χ2v) is 8.86. The lowest BCUT2D eigenvalue weighted by atomic mass is 10.0. The van der Waals surface area contributed by atoms with E-state index in [9.17, 15) is 19.2 Å². The van der Waals surface area contributed by atoms with Gasteiger partial charge in [-0.15, -0.1) is 0 Å². The summed E-state index contributed by atoms with van der Waals surface area (Å²) in [6, 6.07) is 8.58. The van der Waals surface area contributed by atoms with Gasteiger partial charge in [-0.3, -0.25) is 24.5 Å². The van der Waals surface area contributed by atoms with Gasteiger partial charge in [0.2, 0.25) is 11.8 Å². The summed E-state index contributed by atoms with van der Waals surface area (Å²) in [6.07, 6.45) is 0.521. The maximum absolute atomic E-state index is 13.0. The molecule has 0 spiro atoms. The van der Waals surface area contributed by atoms with E-state index in [1.54, 1.807) is 18.2 Å². The molecule has 2 aliphatic rings. The number of anilines is 1. The van der Waals surface area contributed by atoms with Crippen LogP contribution in [0, 0.1) is 20.8 Å². The van der Waals surface area contributed by atoms with Crippen LogP contribution in [0.25, 0.3) is 10.9 Å². The zero-order valence-electron chi connectivity index (χ0n) is 18.7. The molecule has 8 heteroatoms. The molecule has 1 unspecified atom stereocenters. The molecule has 1 saturated heterocycles. The van der Waals surface area contributed by atoms with Crippen molar-refractivity contribution in [2.75, 3.05) is 5.32 Å². The van der Waals surface area contributed by atoms with E-state index in [4.69, 9.17) is 0 Å². The molecule has 3 heterocycles. The molecule has 3 aromatic rings. The summed E-state index contributed by atoms with van der Waals surface area (Å²) >= 11 is 0. The summed E-state index contributed by atoms with van der Waals surface area (Å²) in [6.45, 7) is 6.24. The van der Waals surface area contributed by atoms with Crippen LogP contribution in [-0.2, 0) is 16.1 Å². The van der Waals surface area contributed by atoms with Crippen LogP contribution >= 0.6 is 0 Å². The number of benzene rings is 2. The van der Waals surface area contributed by atoms with E-state index in [-0.39, 0.29) is 30.7 Å². The van der Waals surface area contributed by atoms with Crippen molar-refractivity contribution < 1.29 is 19.2 Å². The Labute approximate surface area is 190 Å². The van der Waals surface area contributed by atoms with E-state index < -0.39 is 11.9 Å². The number of H-pyrrole nitrogens is 1. The van der Waals surface area contributed by atoms with E-state index in [2.05, 4.69) is 21.7 Å². The maximum atomic E-state index is 13.0. The van der Waals surface area contributed by atoms with E-state index in [0.29, 0.717) is 23.4 Å². The number of piperidine rings is 1. The lowest BCUT2D eigenvalue weighted by Crippen LogP contribution is -2.52. The number of hydrogen-bond acceptors (Lipinski definition) is 4. The minimum Gasteiger partial charge on any atom is -0.350 e. The Morgan fingerprint density at radius 3 is 2.64 bits per heavy atom. The van der Waals surface area contributed by atoms with Crippen molar-refractivity contribution >= 4 is 40.2 Å². The second-order valence-electron chi connectivity index (χ2n) is 8.86. The Morgan fingerprint density at radius 1 is 1.09 bits per heavy atom. The Bertz CT molecular complexity index is 1370. The SMILES string of the molecule is Cc1cc(C)c2c(C)c(C(=O)Nc3ccc4c(c3)CN(C3CCC(=O)NC3=O)C4=O)[nH]c2c1. The number of imide groups is 1. The van der Waals surface area contributed by atoms with Crippen LogP contribution in [-0.4, -0.2) is 39.6 Å². The number of carbonyl (C=O) groups excluding carboxylic acids is 4. The molecule has 33 heavy (non-hydrogen) atoms. The first-order chi connectivity index (χ1) is 15.7. The quantitative estimate of drug-likeness (QED) is 0.539. The van der Waals surface area contributed by atoms with Gasteiger partial charge < -0.3 is 15.2 Å². The summed E-state index contributed by atoms with van der Waals surface area (Å²) in [5.74, 6) is -1.26. The summed E-state index contributed by atoms with van der Waals surface area (Å²) in [5.41, 5.74) is 6.37. The molecule has 168 valence electrons. The highest BCUT2D eigenvalue weighted by atomic mass is 16.2. The second kappa shape index (κ2) is 7.58. The molecule has 0 radical (unpaired) electrons. The third-order valence-corrected chi connectivity index (χ3v) is 6.50. The van der Waals surface area contributed by atoms with Crippen molar-refractivity contribution in [1.82, 2.24) is 15.2 Å². The van der Waals surface area contributed by atoms with Crippen molar-refractivity contribution in [3.05, 3.63) is 63.8 Å². The molecular weight excluding hydrogens is 420 g/mol. The third-order valence-electron chi connectivity index (χ3n) is 6.50. The summed E-state index contributed by atoms with van der Waals surface area (Å²) in [5, 5.41) is 6.27. The third kappa shape index (κ3) is 3.47. The van der Waals surface area contributed by atoms with Crippen molar-refractivity contribution in [3.63, 3.8) is 0 Å². The highest BCUT2D eigenvalue weighted by molar-refractivity contribution is 6.09. The predicted octanol–water partition coefficient (Wildman–Crippen LogP) is 3.11. The molecule has 0 aliphatic carbocycles. The maximum Gasteiger partial charge on any atom is 0.272 e. The van der Waals surface area contributed by atoms with Gasteiger partial charge >= 0.3 is 0 Å². The van der Waals surface area contributed by atoms with Crippen LogP contribution in [0.1, 0.15) is 55.9 Å². The number of fused-ring (bicyclic) bond motifs is 2. The van der Waals surface area contributed by atoms with Crippen LogP contribution in [0.3, 0.4) is 0 Å². The number of hydrogen-bond donors (Lipinski definition) is 3. The molecule has 0 bridgehead atoms. The van der Waals surface area contributed by atoms with Crippen molar-refractivity contribution in [3.8, 4) is 0 Å². The Balaban J connectivity index is 1.38. The number of nitrogens with zero attached hydrogens (tertiary/aromatic N) is 1. The van der Waals surface area contributed by atoms with Gasteiger partial charge in [0.15, 0.2) is 0 Å². The van der Waals surface area contributed by atoms with Crippen LogP contribution < -0.4 is 10.6 Å². The zero-order valence-corrected chi connectivity index (χ0v) is 18.7. The Morgan fingerprint density at radius 2 is 1.88 bits per heavy atom.